The maximum Gasteiger partial charge on any atom is 0.259 e. The molecule has 0 aliphatic heterocycles. The first-order valence-corrected chi connectivity index (χ1v) is 10.7. The molecule has 4 rings (SSSR count). The smallest absolute Gasteiger partial charge is 0.259 e. The van der Waals surface area contributed by atoms with Crippen LogP contribution >= 0.6 is 0 Å². The molecule has 0 saturated heterocycles. The Morgan fingerprint density at radius 2 is 1.66 bits per heavy atom. The third kappa shape index (κ3) is 4.41. The predicted molar refractivity (Wildman–Crippen MR) is 128 cm³/mol. The van der Waals surface area contributed by atoms with E-state index in [1.807, 2.05) is 54.6 Å². The van der Waals surface area contributed by atoms with Gasteiger partial charge in [0.15, 0.2) is 0 Å². The molecule has 5 nitrogen and oxygen atoms in total. The van der Waals surface area contributed by atoms with Gasteiger partial charge in [-0.25, -0.2) is 0 Å². The second-order valence-electron chi connectivity index (χ2n) is 7.56. The Labute approximate surface area is 187 Å². The fraction of sp³-hybridized carbons (Fsp3) is 0.185. The van der Waals surface area contributed by atoms with Crippen LogP contribution in [0.2, 0.25) is 0 Å². The van der Waals surface area contributed by atoms with Gasteiger partial charge in [0, 0.05) is 29.4 Å². The molecule has 5 heteroatoms. The Bertz CT molecular complexity index is 1310. The first-order chi connectivity index (χ1) is 15.7. The summed E-state index contributed by atoms with van der Waals surface area (Å²) < 4.78 is 6.97. The van der Waals surface area contributed by atoms with Crippen molar-refractivity contribution in [1.29, 1.82) is 5.26 Å². The zero-order valence-corrected chi connectivity index (χ0v) is 18.0. The molecule has 4 aromatic rings. The molecule has 0 spiro atoms. The number of rotatable bonds is 8. The topological polar surface area (TPSA) is 67.0 Å². The highest BCUT2D eigenvalue weighted by molar-refractivity contribution is 5.99. The fourth-order valence-electron chi connectivity index (χ4n) is 3.97. The average molecular weight is 424 g/mol. The summed E-state index contributed by atoms with van der Waals surface area (Å²) in [6, 6.07) is 27.7. The molecule has 1 heterocycles. The molecule has 0 fully saturated rings. The van der Waals surface area contributed by atoms with Gasteiger partial charge in [0.05, 0.1) is 7.11 Å². The monoisotopic (exact) mass is 423 g/mol. The Kier molecular flexibility index (Phi) is 6.64. The Hall–Kier alpha value is -3.88. The molecule has 160 valence electrons. The molecule has 0 aliphatic carbocycles. The van der Waals surface area contributed by atoms with Crippen LogP contribution in [0.5, 0.6) is 5.75 Å². The van der Waals surface area contributed by atoms with Crippen LogP contribution in [0.25, 0.3) is 21.9 Å². The van der Waals surface area contributed by atoms with E-state index in [1.165, 1.54) is 5.56 Å². The highest BCUT2D eigenvalue weighted by Gasteiger charge is 2.18. The van der Waals surface area contributed by atoms with E-state index >= 15 is 0 Å². The summed E-state index contributed by atoms with van der Waals surface area (Å²) in [5, 5.41) is 14.8. The fourth-order valence-corrected chi connectivity index (χ4v) is 3.97. The molecule has 0 unspecified atom stereocenters. The van der Waals surface area contributed by atoms with Gasteiger partial charge in [0.1, 0.15) is 17.5 Å². The minimum Gasteiger partial charge on any atom is -0.497 e. The Morgan fingerprint density at radius 3 is 2.34 bits per heavy atom. The normalized spacial score (nSPS) is 10.8. The van der Waals surface area contributed by atoms with Crippen LogP contribution in [0.15, 0.2) is 83.7 Å². The maximum absolute atomic E-state index is 13.3. The van der Waals surface area contributed by atoms with Crippen molar-refractivity contribution in [3.8, 4) is 22.9 Å². The van der Waals surface area contributed by atoms with Crippen LogP contribution in [0, 0.1) is 11.3 Å². The minimum atomic E-state index is -0.163. The van der Waals surface area contributed by atoms with E-state index in [-0.39, 0.29) is 5.56 Å². The van der Waals surface area contributed by atoms with Crippen molar-refractivity contribution in [2.24, 2.45) is 0 Å². The van der Waals surface area contributed by atoms with Gasteiger partial charge in [-0.05, 0) is 42.3 Å². The van der Waals surface area contributed by atoms with Gasteiger partial charge >= 0.3 is 0 Å². The largest absolute Gasteiger partial charge is 0.497 e. The van der Waals surface area contributed by atoms with E-state index in [0.717, 1.165) is 29.5 Å². The summed E-state index contributed by atoms with van der Waals surface area (Å²) in [6.45, 7) is 1.81. The van der Waals surface area contributed by atoms with E-state index in [2.05, 4.69) is 23.5 Å². The average Bonchev–Trinajstić information content (AvgIpc) is 2.85. The lowest BCUT2D eigenvalue weighted by Gasteiger charge is -2.17. The van der Waals surface area contributed by atoms with E-state index in [0.29, 0.717) is 29.9 Å². The zero-order chi connectivity index (χ0) is 22.3. The van der Waals surface area contributed by atoms with E-state index < -0.39 is 0 Å². The van der Waals surface area contributed by atoms with E-state index in [4.69, 9.17) is 4.74 Å². The summed E-state index contributed by atoms with van der Waals surface area (Å²) in [5.74, 6) is 0.651. The van der Waals surface area contributed by atoms with Crippen LogP contribution in [0.3, 0.4) is 0 Å². The summed E-state index contributed by atoms with van der Waals surface area (Å²) in [4.78, 5) is 13.3. The van der Waals surface area contributed by atoms with Gasteiger partial charge in [-0.15, -0.1) is 0 Å². The number of nitrogens with zero attached hydrogens (tertiary/aromatic N) is 2. The van der Waals surface area contributed by atoms with Crippen molar-refractivity contribution in [3.05, 3.63) is 100 Å². The number of benzene rings is 3. The number of hydrogen-bond donors (Lipinski definition) is 1. The zero-order valence-electron chi connectivity index (χ0n) is 18.0. The summed E-state index contributed by atoms with van der Waals surface area (Å²) >= 11 is 0. The number of nitrogens with one attached hydrogen (secondary N) is 1. The van der Waals surface area contributed by atoms with Crippen molar-refractivity contribution in [2.45, 2.75) is 13.0 Å². The molecule has 0 aliphatic rings. The van der Waals surface area contributed by atoms with Gasteiger partial charge in [0.25, 0.3) is 5.56 Å². The lowest BCUT2D eigenvalue weighted by molar-refractivity contribution is 0.415. The molecule has 0 saturated carbocycles. The second kappa shape index (κ2) is 9.95. The van der Waals surface area contributed by atoms with Gasteiger partial charge in [-0.3, -0.25) is 9.36 Å². The van der Waals surface area contributed by atoms with Crippen molar-refractivity contribution in [1.82, 2.24) is 9.88 Å². The molecule has 1 aromatic heterocycles. The van der Waals surface area contributed by atoms with Crippen LogP contribution in [0.1, 0.15) is 11.3 Å². The number of pyridine rings is 1. The molecule has 0 bridgehead atoms. The van der Waals surface area contributed by atoms with Gasteiger partial charge in [0.2, 0.25) is 0 Å². The number of methoxy groups -OCH3 is 1. The first kappa shape index (κ1) is 21.4. The van der Waals surface area contributed by atoms with Crippen molar-refractivity contribution in [2.75, 3.05) is 20.2 Å². The second-order valence-corrected chi connectivity index (χ2v) is 7.56. The Morgan fingerprint density at radius 1 is 0.938 bits per heavy atom. The highest BCUT2D eigenvalue weighted by atomic mass is 16.5. The molecular formula is C27H25N3O2. The van der Waals surface area contributed by atoms with Crippen LogP contribution < -0.4 is 15.6 Å². The number of ether oxygens (including phenoxy) is 1. The first-order valence-electron chi connectivity index (χ1n) is 10.7. The van der Waals surface area contributed by atoms with Crippen molar-refractivity contribution >= 4 is 10.8 Å². The molecule has 32 heavy (non-hydrogen) atoms. The predicted octanol–water partition coefficient (Wildman–Crippen LogP) is 4.38. The van der Waals surface area contributed by atoms with Crippen molar-refractivity contribution < 1.29 is 4.74 Å². The third-order valence-corrected chi connectivity index (χ3v) is 5.59. The van der Waals surface area contributed by atoms with Gasteiger partial charge in [-0.1, -0.05) is 60.7 Å². The Balaban J connectivity index is 1.68. The lowest BCUT2D eigenvalue weighted by Crippen LogP contribution is -2.30. The van der Waals surface area contributed by atoms with Crippen molar-refractivity contribution in [3.63, 3.8) is 0 Å². The molecular weight excluding hydrogens is 398 g/mol. The highest BCUT2D eigenvalue weighted by Crippen LogP contribution is 2.32. The SMILES string of the molecule is COc1ccc2c(=O)n(CCNCCc3ccccc3)c(C#N)c(-c3ccccc3)c2c1. The molecule has 1 N–H and O–H groups in total. The molecule has 0 amide bonds. The van der Waals surface area contributed by atoms with Crippen LogP contribution in [-0.4, -0.2) is 24.8 Å². The maximum atomic E-state index is 13.3. The number of aromatic nitrogens is 1. The number of fused-ring (bicyclic) bond motifs is 1. The molecule has 3 aromatic carbocycles. The summed E-state index contributed by atoms with van der Waals surface area (Å²) in [5.41, 5.74) is 3.12. The summed E-state index contributed by atoms with van der Waals surface area (Å²) in [7, 11) is 1.59. The van der Waals surface area contributed by atoms with Crippen LogP contribution in [0.4, 0.5) is 0 Å². The van der Waals surface area contributed by atoms with Gasteiger partial charge < -0.3 is 10.1 Å². The lowest BCUT2D eigenvalue weighted by atomic mass is 9.97. The molecule has 0 atom stereocenters. The van der Waals surface area contributed by atoms with Gasteiger partial charge in [-0.2, -0.15) is 5.26 Å². The van der Waals surface area contributed by atoms with Crippen LogP contribution in [-0.2, 0) is 13.0 Å². The minimum absolute atomic E-state index is 0.163. The number of nitriles is 1. The quantitative estimate of drug-likeness (QED) is 0.427. The summed E-state index contributed by atoms with van der Waals surface area (Å²) in [6.07, 6.45) is 0.910. The standard InChI is InChI=1S/C27H25N3O2/c1-32-22-12-13-23-24(18-22)26(21-10-6-3-7-11-21)25(19-28)30(27(23)31)17-16-29-15-14-20-8-4-2-5-9-20/h2-13,18,29H,14-17H2,1H3. The number of hydrogen-bond acceptors (Lipinski definition) is 4. The van der Waals surface area contributed by atoms with E-state index in [9.17, 15) is 10.1 Å². The molecule has 0 radical (unpaired) electrons. The third-order valence-electron chi connectivity index (χ3n) is 5.59. The van der Waals surface area contributed by atoms with E-state index in [1.54, 1.807) is 23.8 Å².